The molecule has 0 aromatic heterocycles. The van der Waals surface area contributed by atoms with Crippen molar-refractivity contribution in [3.63, 3.8) is 0 Å². The van der Waals surface area contributed by atoms with E-state index < -0.39 is 36.4 Å². The van der Waals surface area contributed by atoms with E-state index in [-0.39, 0.29) is 25.4 Å². The van der Waals surface area contributed by atoms with Gasteiger partial charge >= 0.3 is 24.1 Å². The number of benzene rings is 4. The summed E-state index contributed by atoms with van der Waals surface area (Å²) in [5.74, 6) is 0.0331. The number of anilines is 2. The van der Waals surface area contributed by atoms with Crippen molar-refractivity contribution < 1.29 is 47.6 Å². The number of carbonyl (C=O) groups is 4. The summed E-state index contributed by atoms with van der Waals surface area (Å²) in [6.07, 6.45) is -3.18. The van der Waals surface area contributed by atoms with E-state index in [1.54, 1.807) is 58.3 Å². The molecule has 4 heterocycles. The van der Waals surface area contributed by atoms with Crippen LogP contribution in [0.4, 0.5) is 21.0 Å². The minimum absolute atomic E-state index is 0.121. The van der Waals surface area contributed by atoms with Crippen LogP contribution in [0.5, 0.6) is 11.5 Å². The molecule has 0 saturated carbocycles. The van der Waals surface area contributed by atoms with Crippen LogP contribution in [0.25, 0.3) is 0 Å². The number of hydrogen-bond donors (Lipinski definition) is 0. The summed E-state index contributed by atoms with van der Waals surface area (Å²) in [7, 11) is 0. The van der Waals surface area contributed by atoms with Gasteiger partial charge in [-0.1, -0.05) is 35.4 Å². The molecule has 4 aromatic rings. The second-order valence-electron chi connectivity index (χ2n) is 14.9. The lowest BCUT2D eigenvalue weighted by Crippen LogP contribution is -2.49. The van der Waals surface area contributed by atoms with Gasteiger partial charge in [0.1, 0.15) is 23.7 Å². The van der Waals surface area contributed by atoms with Crippen LogP contribution in [-0.4, -0.2) is 124 Å². The van der Waals surface area contributed by atoms with E-state index in [0.29, 0.717) is 75.0 Å². The summed E-state index contributed by atoms with van der Waals surface area (Å²) in [6.45, 7) is 8.73. The number of amides is 2. The average Bonchev–Trinajstić information content (AvgIpc) is 3.85. The maximum Gasteiger partial charge on any atom is 0.415 e. The Morgan fingerprint density at radius 1 is 0.483 bits per heavy atom. The minimum Gasteiger partial charge on any atom is -0.453 e. The van der Waals surface area contributed by atoms with Crippen LogP contribution in [0.1, 0.15) is 31.8 Å². The van der Waals surface area contributed by atoms with Gasteiger partial charge in [-0.05, 0) is 86.6 Å². The third kappa shape index (κ3) is 8.88. The molecule has 4 unspecified atom stereocenters. The van der Waals surface area contributed by atoms with Crippen molar-refractivity contribution in [2.75, 3.05) is 75.4 Å². The van der Waals surface area contributed by atoms with Crippen LogP contribution in [0.3, 0.4) is 0 Å². The summed E-state index contributed by atoms with van der Waals surface area (Å²) >= 11 is 0. The number of esters is 2. The molecule has 8 rings (SSSR count). The zero-order valence-corrected chi connectivity index (χ0v) is 32.5. The van der Waals surface area contributed by atoms with Gasteiger partial charge < -0.3 is 48.0 Å². The van der Waals surface area contributed by atoms with Crippen molar-refractivity contribution in [2.24, 2.45) is 0 Å². The van der Waals surface area contributed by atoms with Gasteiger partial charge in [-0.2, -0.15) is 0 Å². The van der Waals surface area contributed by atoms with Crippen LogP contribution in [-0.2, 0) is 18.9 Å². The summed E-state index contributed by atoms with van der Waals surface area (Å²) < 4.78 is 34.5. The monoisotopic (exact) mass is 790 g/mol. The van der Waals surface area contributed by atoms with Crippen LogP contribution in [0.2, 0.25) is 0 Å². The Balaban J connectivity index is 0.764. The first-order valence-electron chi connectivity index (χ1n) is 19.6. The number of nitrogens with zero attached hydrogens (tertiary/aromatic N) is 4. The van der Waals surface area contributed by atoms with Gasteiger partial charge in [0.05, 0.1) is 24.3 Å². The molecular formula is C44H46N4O10. The van der Waals surface area contributed by atoms with Crippen molar-refractivity contribution in [1.29, 1.82) is 0 Å². The Labute approximate surface area is 336 Å². The second-order valence-corrected chi connectivity index (χ2v) is 14.9. The van der Waals surface area contributed by atoms with Crippen molar-refractivity contribution in [3.05, 3.63) is 119 Å². The molecule has 0 radical (unpaired) electrons. The fourth-order valence-electron chi connectivity index (χ4n) is 7.50. The number of hydrogen-bond acceptors (Lipinski definition) is 12. The maximum atomic E-state index is 13.2. The first kappa shape index (κ1) is 38.7. The number of rotatable bonds is 8. The molecule has 2 amide bonds. The van der Waals surface area contributed by atoms with Crippen molar-refractivity contribution >= 4 is 35.5 Å². The van der Waals surface area contributed by atoms with E-state index in [9.17, 15) is 19.2 Å². The average molecular weight is 791 g/mol. The molecule has 4 fully saturated rings. The standard InChI is InChI=1S/C44H46N4O10/c1-29-3-15-35(16-4-29)55-43(51)47-23-19-45(20-24-47)33-11-7-31(8-12-33)41(49)57-37-27-53-40-38(28-54-39(37)40)58-42(50)32-9-13-34(14-10-32)46-21-25-48(26-22-46)44(52)56-36-17-5-30(2)6-18-36/h3-18,37-40H,19-28H2,1-2H3. The number of carbonyl (C=O) groups excluding carboxylic acids is 4. The van der Waals surface area contributed by atoms with Crippen molar-refractivity contribution in [3.8, 4) is 11.5 Å². The molecule has 4 aromatic carbocycles. The Kier molecular flexibility index (Phi) is 11.5. The fourth-order valence-corrected chi connectivity index (χ4v) is 7.50. The lowest BCUT2D eigenvalue weighted by Gasteiger charge is -2.35. The van der Waals surface area contributed by atoms with E-state index in [1.165, 1.54) is 0 Å². The second kappa shape index (κ2) is 17.2. The molecule has 14 heteroatoms. The van der Waals surface area contributed by atoms with Gasteiger partial charge in [0.15, 0.2) is 12.2 Å². The molecule has 4 aliphatic heterocycles. The molecule has 0 aliphatic carbocycles. The first-order chi connectivity index (χ1) is 28.2. The van der Waals surface area contributed by atoms with Crippen LogP contribution < -0.4 is 19.3 Å². The topological polar surface area (TPSA) is 137 Å². The summed E-state index contributed by atoms with van der Waals surface area (Å²) in [5, 5.41) is 0. The smallest absolute Gasteiger partial charge is 0.415 e. The lowest BCUT2D eigenvalue weighted by atomic mass is 10.1. The Hall–Kier alpha value is -6.12. The van der Waals surface area contributed by atoms with Crippen molar-refractivity contribution in [1.82, 2.24) is 9.80 Å². The van der Waals surface area contributed by atoms with Crippen molar-refractivity contribution in [2.45, 2.75) is 38.3 Å². The molecule has 0 bridgehead atoms. The predicted molar refractivity (Wildman–Crippen MR) is 213 cm³/mol. The molecule has 14 nitrogen and oxygen atoms in total. The SMILES string of the molecule is Cc1ccc(OC(=O)N2CCN(c3ccc(C(=O)OC4COC5C(OC(=O)c6ccc(N7CCN(C(=O)Oc8ccc(C)cc8)CC7)cc6)COC45)cc3)CC2)cc1. The predicted octanol–water partition coefficient (Wildman–Crippen LogP) is 5.49. The molecule has 0 spiro atoms. The molecule has 4 aliphatic rings. The lowest BCUT2D eigenvalue weighted by molar-refractivity contribution is -0.0287. The number of piperazine rings is 2. The van der Waals surface area contributed by atoms with Gasteiger partial charge in [0, 0.05) is 63.7 Å². The molecular weight excluding hydrogens is 745 g/mol. The minimum atomic E-state index is -0.655. The Morgan fingerprint density at radius 2 is 0.828 bits per heavy atom. The maximum absolute atomic E-state index is 13.2. The Bertz CT molecular complexity index is 1930. The summed E-state index contributed by atoms with van der Waals surface area (Å²) in [5.41, 5.74) is 4.83. The molecule has 58 heavy (non-hydrogen) atoms. The molecule has 302 valence electrons. The van der Waals surface area contributed by atoms with Gasteiger partial charge in [0.25, 0.3) is 0 Å². The Morgan fingerprint density at radius 3 is 1.17 bits per heavy atom. The van der Waals surface area contributed by atoms with Gasteiger partial charge in [-0.25, -0.2) is 19.2 Å². The van der Waals surface area contributed by atoms with E-state index in [2.05, 4.69) is 9.80 Å². The highest BCUT2D eigenvalue weighted by atomic mass is 16.7. The quantitative estimate of drug-likeness (QED) is 0.209. The van der Waals surface area contributed by atoms with Gasteiger partial charge in [-0.15, -0.1) is 0 Å². The zero-order chi connectivity index (χ0) is 40.2. The van der Waals surface area contributed by atoms with E-state index in [0.717, 1.165) is 22.5 Å². The molecule has 4 atom stereocenters. The zero-order valence-electron chi connectivity index (χ0n) is 32.5. The number of fused-ring (bicyclic) bond motifs is 1. The number of ether oxygens (including phenoxy) is 6. The first-order valence-corrected chi connectivity index (χ1v) is 19.6. The van der Waals surface area contributed by atoms with E-state index in [4.69, 9.17) is 28.4 Å². The van der Waals surface area contributed by atoms with Crippen LogP contribution in [0.15, 0.2) is 97.1 Å². The highest BCUT2D eigenvalue weighted by Crippen LogP contribution is 2.32. The highest BCUT2D eigenvalue weighted by Gasteiger charge is 2.51. The normalized spacial score (nSPS) is 21.6. The van der Waals surface area contributed by atoms with Crippen LogP contribution in [0, 0.1) is 13.8 Å². The van der Waals surface area contributed by atoms with E-state index in [1.807, 2.05) is 62.4 Å². The highest BCUT2D eigenvalue weighted by molar-refractivity contribution is 5.90. The fraction of sp³-hybridized carbons (Fsp3) is 0.364. The summed E-state index contributed by atoms with van der Waals surface area (Å²) in [6, 6.07) is 29.1. The largest absolute Gasteiger partial charge is 0.453 e. The summed E-state index contributed by atoms with van der Waals surface area (Å²) in [4.78, 5) is 59.3. The third-order valence-corrected chi connectivity index (χ3v) is 10.9. The molecule has 0 N–H and O–H groups in total. The number of aryl methyl sites for hydroxylation is 2. The van der Waals surface area contributed by atoms with Crippen LogP contribution >= 0.6 is 0 Å². The molecule has 4 saturated heterocycles. The van der Waals surface area contributed by atoms with Gasteiger partial charge in [-0.3, -0.25) is 0 Å². The van der Waals surface area contributed by atoms with E-state index >= 15 is 0 Å². The van der Waals surface area contributed by atoms with Gasteiger partial charge in [0.2, 0.25) is 0 Å². The third-order valence-electron chi connectivity index (χ3n) is 10.9.